The molecule has 0 aliphatic rings. The number of nitrogens with two attached hydrogens (primary N) is 1. The van der Waals surface area contributed by atoms with Crippen LogP contribution in [0.25, 0.3) is 0 Å². The standard InChI is InChI=1S/C14H13Br2ClN2/c15-10-4-5-13(16)12(8-10)14(19-18)7-9-2-1-3-11(17)6-9/h1-6,8,14,19H,7,18H2. The Hall–Kier alpha value is -0.390. The summed E-state index contributed by atoms with van der Waals surface area (Å²) in [6, 6.07) is 13.9. The topological polar surface area (TPSA) is 38.0 Å². The van der Waals surface area contributed by atoms with Crippen LogP contribution in [0.1, 0.15) is 17.2 Å². The first-order chi connectivity index (χ1) is 9.10. The summed E-state index contributed by atoms with van der Waals surface area (Å²) in [6.45, 7) is 0. The fourth-order valence-electron chi connectivity index (χ4n) is 1.94. The van der Waals surface area contributed by atoms with Crippen molar-refractivity contribution in [3.8, 4) is 0 Å². The van der Waals surface area contributed by atoms with Crippen LogP contribution in [0, 0.1) is 0 Å². The van der Waals surface area contributed by atoms with Gasteiger partial charge in [-0.2, -0.15) is 0 Å². The van der Waals surface area contributed by atoms with E-state index < -0.39 is 0 Å². The summed E-state index contributed by atoms with van der Waals surface area (Å²) in [7, 11) is 0. The van der Waals surface area contributed by atoms with E-state index in [2.05, 4.69) is 43.4 Å². The van der Waals surface area contributed by atoms with E-state index in [4.69, 9.17) is 17.4 Å². The highest BCUT2D eigenvalue weighted by Gasteiger charge is 2.14. The Morgan fingerprint density at radius 2 is 1.95 bits per heavy atom. The maximum Gasteiger partial charge on any atom is 0.0511 e. The maximum absolute atomic E-state index is 6.01. The van der Waals surface area contributed by atoms with Gasteiger partial charge in [0.15, 0.2) is 0 Å². The Bertz CT molecular complexity index is 575. The van der Waals surface area contributed by atoms with Crippen LogP contribution in [0.3, 0.4) is 0 Å². The van der Waals surface area contributed by atoms with E-state index >= 15 is 0 Å². The second kappa shape index (κ2) is 6.86. The number of benzene rings is 2. The van der Waals surface area contributed by atoms with E-state index in [9.17, 15) is 0 Å². The molecule has 0 aliphatic carbocycles. The second-order valence-corrected chi connectivity index (χ2v) is 6.43. The zero-order valence-electron chi connectivity index (χ0n) is 10.0. The first-order valence-corrected chi connectivity index (χ1v) is 7.72. The van der Waals surface area contributed by atoms with Gasteiger partial charge in [0.1, 0.15) is 0 Å². The smallest absolute Gasteiger partial charge is 0.0511 e. The second-order valence-electron chi connectivity index (χ2n) is 4.22. The Morgan fingerprint density at radius 1 is 1.16 bits per heavy atom. The van der Waals surface area contributed by atoms with Crippen molar-refractivity contribution in [1.29, 1.82) is 0 Å². The van der Waals surface area contributed by atoms with Crippen molar-refractivity contribution in [2.45, 2.75) is 12.5 Å². The molecule has 0 aliphatic heterocycles. The van der Waals surface area contributed by atoms with Crippen LogP contribution in [0.5, 0.6) is 0 Å². The molecule has 2 nitrogen and oxygen atoms in total. The predicted octanol–water partition coefficient (Wildman–Crippen LogP) is 4.61. The molecule has 1 unspecified atom stereocenters. The van der Waals surface area contributed by atoms with E-state index in [1.165, 1.54) is 0 Å². The van der Waals surface area contributed by atoms with Gasteiger partial charge in [-0.05, 0) is 47.9 Å². The van der Waals surface area contributed by atoms with Crippen molar-refractivity contribution in [3.05, 3.63) is 67.6 Å². The molecular formula is C14H13Br2ClN2. The summed E-state index contributed by atoms with van der Waals surface area (Å²) in [5.74, 6) is 5.69. The molecule has 19 heavy (non-hydrogen) atoms. The lowest BCUT2D eigenvalue weighted by Gasteiger charge is -2.18. The highest BCUT2D eigenvalue weighted by molar-refractivity contribution is 9.11. The third-order valence-corrected chi connectivity index (χ3v) is 4.31. The van der Waals surface area contributed by atoms with Crippen molar-refractivity contribution in [2.24, 2.45) is 5.84 Å². The fourth-order valence-corrected chi connectivity index (χ4v) is 3.05. The molecule has 0 spiro atoms. The van der Waals surface area contributed by atoms with Gasteiger partial charge in [0.05, 0.1) is 6.04 Å². The number of hydrazine groups is 1. The highest BCUT2D eigenvalue weighted by atomic mass is 79.9. The van der Waals surface area contributed by atoms with Gasteiger partial charge < -0.3 is 0 Å². The third kappa shape index (κ3) is 4.04. The SMILES string of the molecule is NNC(Cc1cccc(Cl)c1)c1cc(Br)ccc1Br. The minimum atomic E-state index is 0.0188. The molecule has 2 aromatic rings. The molecule has 2 aromatic carbocycles. The lowest BCUT2D eigenvalue weighted by molar-refractivity contribution is 0.550. The van der Waals surface area contributed by atoms with E-state index in [0.717, 1.165) is 31.5 Å². The molecule has 5 heteroatoms. The molecule has 0 bridgehead atoms. The van der Waals surface area contributed by atoms with Crippen LogP contribution in [-0.4, -0.2) is 0 Å². The van der Waals surface area contributed by atoms with E-state index in [0.29, 0.717) is 0 Å². The van der Waals surface area contributed by atoms with Gasteiger partial charge in [-0.1, -0.05) is 55.6 Å². The van der Waals surface area contributed by atoms with E-state index in [1.54, 1.807) is 0 Å². The van der Waals surface area contributed by atoms with E-state index in [1.807, 2.05) is 36.4 Å². The Labute approximate surface area is 134 Å². The first kappa shape index (κ1) is 15.0. The van der Waals surface area contributed by atoms with Crippen LogP contribution in [0.4, 0.5) is 0 Å². The average Bonchev–Trinajstić information content (AvgIpc) is 2.39. The van der Waals surface area contributed by atoms with Crippen LogP contribution in [-0.2, 0) is 6.42 Å². The molecule has 0 saturated heterocycles. The Morgan fingerprint density at radius 3 is 2.63 bits per heavy atom. The summed E-state index contributed by atoms with van der Waals surface area (Å²) in [5.41, 5.74) is 5.11. The van der Waals surface area contributed by atoms with Crippen molar-refractivity contribution >= 4 is 43.5 Å². The normalized spacial score (nSPS) is 12.4. The van der Waals surface area contributed by atoms with Gasteiger partial charge in [-0.3, -0.25) is 11.3 Å². The Kier molecular flexibility index (Phi) is 5.42. The number of hydrogen-bond donors (Lipinski definition) is 2. The molecule has 0 fully saturated rings. The van der Waals surface area contributed by atoms with Crippen molar-refractivity contribution in [3.63, 3.8) is 0 Å². The molecule has 0 radical (unpaired) electrons. The van der Waals surface area contributed by atoms with Crippen LogP contribution >= 0.6 is 43.5 Å². The highest BCUT2D eigenvalue weighted by Crippen LogP contribution is 2.29. The fraction of sp³-hybridized carbons (Fsp3) is 0.143. The molecule has 0 aromatic heterocycles. The lowest BCUT2D eigenvalue weighted by Crippen LogP contribution is -2.29. The molecule has 2 rings (SSSR count). The first-order valence-electron chi connectivity index (χ1n) is 5.75. The average molecular weight is 405 g/mol. The van der Waals surface area contributed by atoms with Gasteiger partial charge in [0, 0.05) is 14.0 Å². The van der Waals surface area contributed by atoms with Gasteiger partial charge in [0.25, 0.3) is 0 Å². The van der Waals surface area contributed by atoms with Gasteiger partial charge in [-0.15, -0.1) is 0 Å². The molecule has 0 saturated carbocycles. The predicted molar refractivity (Wildman–Crippen MR) is 87.1 cm³/mol. The number of hydrogen-bond acceptors (Lipinski definition) is 2. The summed E-state index contributed by atoms with van der Waals surface area (Å²) >= 11 is 13.0. The Balaban J connectivity index is 2.27. The summed E-state index contributed by atoms with van der Waals surface area (Å²) in [4.78, 5) is 0. The molecule has 100 valence electrons. The monoisotopic (exact) mass is 402 g/mol. The van der Waals surface area contributed by atoms with Gasteiger partial charge >= 0.3 is 0 Å². The molecule has 1 atom stereocenters. The molecular weight excluding hydrogens is 391 g/mol. The summed E-state index contributed by atoms with van der Waals surface area (Å²) in [5, 5.41) is 0.738. The number of halogens is 3. The van der Waals surface area contributed by atoms with Crippen LogP contribution < -0.4 is 11.3 Å². The largest absolute Gasteiger partial charge is 0.271 e. The summed E-state index contributed by atoms with van der Waals surface area (Å²) in [6.07, 6.45) is 0.770. The molecule has 0 heterocycles. The quantitative estimate of drug-likeness (QED) is 0.577. The molecule has 3 N–H and O–H groups in total. The zero-order chi connectivity index (χ0) is 13.8. The van der Waals surface area contributed by atoms with Crippen LogP contribution in [0.15, 0.2) is 51.4 Å². The van der Waals surface area contributed by atoms with Crippen LogP contribution in [0.2, 0.25) is 5.02 Å². The zero-order valence-corrected chi connectivity index (χ0v) is 14.0. The minimum absolute atomic E-state index is 0.0188. The summed E-state index contributed by atoms with van der Waals surface area (Å²) < 4.78 is 2.05. The maximum atomic E-state index is 6.01. The third-order valence-electron chi connectivity index (χ3n) is 2.86. The van der Waals surface area contributed by atoms with Gasteiger partial charge in [-0.25, -0.2) is 0 Å². The lowest BCUT2D eigenvalue weighted by atomic mass is 9.99. The number of rotatable bonds is 4. The van der Waals surface area contributed by atoms with Crippen molar-refractivity contribution < 1.29 is 0 Å². The van der Waals surface area contributed by atoms with Crippen molar-refractivity contribution in [2.75, 3.05) is 0 Å². The van der Waals surface area contributed by atoms with E-state index in [-0.39, 0.29) is 6.04 Å². The van der Waals surface area contributed by atoms with Crippen molar-refractivity contribution in [1.82, 2.24) is 5.43 Å². The number of nitrogens with one attached hydrogen (secondary N) is 1. The van der Waals surface area contributed by atoms with Gasteiger partial charge in [0.2, 0.25) is 0 Å². The minimum Gasteiger partial charge on any atom is -0.271 e. The molecule has 0 amide bonds.